The number of carboxylic acid groups (broad SMARTS) is 1. The van der Waals surface area contributed by atoms with Gasteiger partial charge in [-0.05, 0) is 37.3 Å². The van der Waals surface area contributed by atoms with Crippen molar-refractivity contribution in [2.75, 3.05) is 28.6 Å². The van der Waals surface area contributed by atoms with E-state index in [0.717, 1.165) is 19.3 Å². The zero-order valence-electron chi connectivity index (χ0n) is 19.4. The maximum atomic E-state index is 11.2. The van der Waals surface area contributed by atoms with E-state index in [0.29, 0.717) is 52.6 Å². The Morgan fingerprint density at radius 3 is 2.75 bits per heavy atom. The molecule has 2 fully saturated rings. The van der Waals surface area contributed by atoms with Gasteiger partial charge in [0.15, 0.2) is 17.2 Å². The van der Waals surface area contributed by atoms with E-state index in [9.17, 15) is 20.4 Å². The van der Waals surface area contributed by atoms with Crippen LogP contribution in [0.5, 0.6) is 0 Å². The molecule has 2 aliphatic rings. The van der Waals surface area contributed by atoms with Crippen LogP contribution < -0.4 is 20.9 Å². The first kappa shape index (κ1) is 23.5. The van der Waals surface area contributed by atoms with Crippen LogP contribution in [0.1, 0.15) is 37.4 Å². The number of hydrogen-bond donors (Lipinski definition) is 4. The molecule has 12 nitrogen and oxygen atoms in total. The van der Waals surface area contributed by atoms with Crippen molar-refractivity contribution < 1.29 is 9.90 Å². The van der Waals surface area contributed by atoms with Gasteiger partial charge in [-0.2, -0.15) is 20.0 Å². The summed E-state index contributed by atoms with van der Waals surface area (Å²) in [5.74, 6) is 0.783. The number of nitrogens with zero attached hydrogens (tertiary/aromatic N) is 7. The van der Waals surface area contributed by atoms with Crippen LogP contribution in [-0.4, -0.2) is 56.0 Å². The van der Waals surface area contributed by atoms with Crippen LogP contribution in [0.2, 0.25) is 5.02 Å². The van der Waals surface area contributed by atoms with Crippen LogP contribution in [0.4, 0.5) is 27.9 Å². The number of hydrogen-bond acceptors (Lipinski definition) is 9. The second kappa shape index (κ2) is 9.40. The maximum Gasteiger partial charge on any atom is 0.404 e. The summed E-state index contributed by atoms with van der Waals surface area (Å²) in [6.45, 7) is 3.03. The van der Waals surface area contributed by atoms with Gasteiger partial charge in [0.25, 0.3) is 0 Å². The summed E-state index contributed by atoms with van der Waals surface area (Å²) in [5, 5.41) is 42.1. The summed E-state index contributed by atoms with van der Waals surface area (Å²) in [4.78, 5) is 22.1. The fourth-order valence-electron chi connectivity index (χ4n) is 4.45. The molecular formula is C23H23ClN10O2. The topological polar surface area (TPSA) is 167 Å². The highest BCUT2D eigenvalue weighted by Gasteiger charge is 2.34. The molecule has 0 radical (unpaired) electrons. The van der Waals surface area contributed by atoms with E-state index >= 15 is 0 Å². The Morgan fingerprint density at radius 1 is 1.28 bits per heavy atom. The van der Waals surface area contributed by atoms with E-state index in [4.69, 9.17) is 11.6 Å². The number of fused-ring (bicyclic) bond motifs is 1. The average Bonchev–Trinajstić information content (AvgIpc) is 3.43. The fourth-order valence-corrected chi connectivity index (χ4v) is 4.72. The number of nitriles is 2. The van der Waals surface area contributed by atoms with Gasteiger partial charge >= 0.3 is 6.09 Å². The fraction of sp³-hybridized carbons (Fsp3) is 0.391. The van der Waals surface area contributed by atoms with Crippen LogP contribution in [0.15, 0.2) is 18.3 Å². The lowest BCUT2D eigenvalue weighted by Crippen LogP contribution is -2.39. The smallest absolute Gasteiger partial charge is 0.404 e. The van der Waals surface area contributed by atoms with Crippen molar-refractivity contribution in [3.63, 3.8) is 0 Å². The Kier molecular flexibility index (Phi) is 6.12. The van der Waals surface area contributed by atoms with Gasteiger partial charge in [0, 0.05) is 19.1 Å². The molecule has 0 bridgehead atoms. The number of carbonyl (C=O) groups is 1. The number of aromatic nitrogens is 4. The highest BCUT2D eigenvalue weighted by atomic mass is 35.5. The minimum Gasteiger partial charge on any atom is -0.465 e. The largest absolute Gasteiger partial charge is 0.465 e. The van der Waals surface area contributed by atoms with Crippen molar-refractivity contribution in [2.24, 2.45) is 5.92 Å². The number of rotatable bonds is 7. The standard InChI is InChI=1S/C23H23ClN10O2/c1-2-13-10-33(11-17(13)30-23(35)36)18-6-12(7-25)5-16(19(18)24)29-22-31-20(28-14-3-4-14)21-27-9-15(8-26)34(21)32-22/h5-6,9,13-14,17,30H,2-4,10-11H2,1H3,(H,35,36)(H2,28,29,31,32)/t13-,17+/m0/s1. The summed E-state index contributed by atoms with van der Waals surface area (Å²) in [7, 11) is 0. The lowest BCUT2D eigenvalue weighted by Gasteiger charge is -2.22. The van der Waals surface area contributed by atoms with Crippen molar-refractivity contribution in [2.45, 2.75) is 38.3 Å². The van der Waals surface area contributed by atoms with Crippen LogP contribution >= 0.6 is 11.6 Å². The van der Waals surface area contributed by atoms with Gasteiger partial charge in [-0.1, -0.05) is 18.5 Å². The second-order valence-electron chi connectivity index (χ2n) is 8.92. The second-order valence-corrected chi connectivity index (χ2v) is 9.29. The molecule has 1 aliphatic carbocycles. The maximum absolute atomic E-state index is 11.2. The van der Waals surface area contributed by atoms with Crippen molar-refractivity contribution in [1.29, 1.82) is 10.5 Å². The molecule has 3 aromatic rings. The molecule has 184 valence electrons. The minimum absolute atomic E-state index is 0.103. The Morgan fingerprint density at radius 2 is 2.08 bits per heavy atom. The van der Waals surface area contributed by atoms with Crippen LogP contribution in [0.3, 0.4) is 0 Å². The number of benzene rings is 1. The molecular weight excluding hydrogens is 484 g/mol. The minimum atomic E-state index is -1.07. The first-order valence-electron chi connectivity index (χ1n) is 11.6. The molecule has 1 aliphatic heterocycles. The first-order chi connectivity index (χ1) is 17.4. The van der Waals surface area contributed by atoms with E-state index in [1.54, 1.807) is 12.1 Å². The molecule has 2 aromatic heterocycles. The lowest BCUT2D eigenvalue weighted by atomic mass is 10.0. The molecule has 3 heterocycles. The Balaban J connectivity index is 1.51. The molecule has 0 unspecified atom stereocenters. The van der Waals surface area contributed by atoms with Gasteiger partial charge in [-0.25, -0.2) is 9.78 Å². The van der Waals surface area contributed by atoms with E-state index < -0.39 is 6.09 Å². The van der Waals surface area contributed by atoms with Crippen LogP contribution in [-0.2, 0) is 0 Å². The highest BCUT2D eigenvalue weighted by Crippen LogP contribution is 2.38. The SMILES string of the molecule is CC[C@H]1CN(c2cc(C#N)cc(Nc3nc(NC4CC4)c4ncc(C#N)n4n3)c2Cl)C[C@H]1NC(=O)O. The van der Waals surface area contributed by atoms with Crippen LogP contribution in [0, 0.1) is 28.6 Å². The van der Waals surface area contributed by atoms with Crippen molar-refractivity contribution >= 4 is 46.5 Å². The Hall–Kier alpha value is -4.29. The summed E-state index contributed by atoms with van der Waals surface area (Å²) < 4.78 is 1.41. The molecule has 13 heteroatoms. The third-order valence-corrected chi connectivity index (χ3v) is 6.84. The molecule has 1 saturated carbocycles. The lowest BCUT2D eigenvalue weighted by molar-refractivity contribution is 0.187. The van der Waals surface area contributed by atoms with Crippen LogP contribution in [0.25, 0.3) is 5.65 Å². The first-order valence-corrected chi connectivity index (χ1v) is 12.0. The number of anilines is 4. The van der Waals surface area contributed by atoms with Gasteiger partial charge < -0.3 is 26.0 Å². The summed E-state index contributed by atoms with van der Waals surface area (Å²) in [6.07, 6.45) is 3.21. The number of imidazole rings is 1. The zero-order chi connectivity index (χ0) is 25.4. The normalized spacial score (nSPS) is 19.1. The van der Waals surface area contributed by atoms with Crippen molar-refractivity contribution in [1.82, 2.24) is 24.9 Å². The van der Waals surface area contributed by atoms with E-state index in [1.807, 2.05) is 11.8 Å². The molecule has 5 rings (SSSR count). The number of amides is 1. The number of nitrogens with one attached hydrogen (secondary N) is 3. The van der Waals surface area contributed by atoms with Gasteiger partial charge in [-0.15, -0.1) is 5.10 Å². The average molecular weight is 507 g/mol. The van der Waals surface area contributed by atoms with Crippen molar-refractivity contribution in [3.8, 4) is 12.1 Å². The predicted molar refractivity (Wildman–Crippen MR) is 133 cm³/mol. The van der Waals surface area contributed by atoms with Gasteiger partial charge in [0.05, 0.1) is 40.3 Å². The van der Waals surface area contributed by atoms with E-state index in [-0.39, 0.29) is 23.6 Å². The Labute approximate surface area is 211 Å². The number of halogens is 1. The van der Waals surface area contributed by atoms with E-state index in [1.165, 1.54) is 10.7 Å². The summed E-state index contributed by atoms with van der Waals surface area (Å²) >= 11 is 6.81. The Bertz CT molecular complexity index is 1420. The highest BCUT2D eigenvalue weighted by molar-refractivity contribution is 6.36. The third kappa shape index (κ3) is 4.51. The van der Waals surface area contributed by atoms with Gasteiger partial charge in [0.2, 0.25) is 5.95 Å². The summed E-state index contributed by atoms with van der Waals surface area (Å²) in [6, 6.07) is 7.57. The van der Waals surface area contributed by atoms with E-state index in [2.05, 4.69) is 43.2 Å². The summed E-state index contributed by atoms with van der Waals surface area (Å²) in [5.41, 5.74) is 2.11. The zero-order valence-corrected chi connectivity index (χ0v) is 20.1. The molecule has 0 spiro atoms. The molecule has 1 amide bonds. The molecule has 1 saturated heterocycles. The van der Waals surface area contributed by atoms with Crippen molar-refractivity contribution in [3.05, 3.63) is 34.6 Å². The quantitative estimate of drug-likeness (QED) is 0.373. The molecule has 36 heavy (non-hydrogen) atoms. The van der Waals surface area contributed by atoms with Gasteiger partial charge in [0.1, 0.15) is 6.07 Å². The molecule has 1 aromatic carbocycles. The monoisotopic (exact) mass is 506 g/mol. The predicted octanol–water partition coefficient (Wildman–Crippen LogP) is 3.32. The third-order valence-electron chi connectivity index (χ3n) is 6.44. The van der Waals surface area contributed by atoms with Gasteiger partial charge in [-0.3, -0.25) is 0 Å². The molecule has 2 atom stereocenters. The molecule has 4 N–H and O–H groups in total.